The summed E-state index contributed by atoms with van der Waals surface area (Å²) < 4.78 is 6.54. The molecule has 0 bridgehead atoms. The van der Waals surface area contributed by atoms with E-state index in [-0.39, 0.29) is 0 Å². The van der Waals surface area contributed by atoms with Crippen LogP contribution in [0.1, 0.15) is 22.3 Å². The maximum Gasteiger partial charge on any atom is 0.227 e. The van der Waals surface area contributed by atoms with Crippen LogP contribution in [0.2, 0.25) is 0 Å². The fourth-order valence-electron chi connectivity index (χ4n) is 10.1. The Balaban J connectivity index is 0.988. The lowest BCUT2D eigenvalue weighted by Gasteiger charge is -2.31. The second-order valence-electron chi connectivity index (χ2n) is 15.7. The van der Waals surface area contributed by atoms with Crippen molar-refractivity contribution in [3.63, 3.8) is 0 Å². The molecule has 0 saturated heterocycles. The average molecular weight is 737 g/mol. The predicted octanol–water partition coefficient (Wildman–Crippen LogP) is 14.0. The summed E-state index contributed by atoms with van der Waals surface area (Å²) in [5.74, 6) is 0.628. The summed E-state index contributed by atoms with van der Waals surface area (Å²) in [5.41, 5.74) is 16.7. The highest BCUT2D eigenvalue weighted by atomic mass is 16.3. The van der Waals surface area contributed by atoms with Crippen LogP contribution in [0.3, 0.4) is 0 Å². The maximum absolute atomic E-state index is 6.54. The van der Waals surface area contributed by atoms with Crippen molar-refractivity contribution in [2.75, 3.05) is 0 Å². The van der Waals surface area contributed by atoms with Crippen LogP contribution in [0.15, 0.2) is 199 Å². The second-order valence-corrected chi connectivity index (χ2v) is 15.7. The van der Waals surface area contributed by atoms with E-state index in [1.165, 1.54) is 55.3 Å². The third-order valence-electron chi connectivity index (χ3n) is 12.7. The topological polar surface area (TPSA) is 38.9 Å². The van der Waals surface area contributed by atoms with E-state index < -0.39 is 5.41 Å². The van der Waals surface area contributed by atoms with Crippen molar-refractivity contribution >= 4 is 43.4 Å². The normalized spacial score (nSPS) is 13.3. The summed E-state index contributed by atoms with van der Waals surface area (Å²) in [4.78, 5) is 10.3. The molecule has 2 aromatic heterocycles. The summed E-state index contributed by atoms with van der Waals surface area (Å²) in [6.45, 7) is 0. The Morgan fingerprint density at radius 2 is 0.966 bits per heavy atom. The first-order chi connectivity index (χ1) is 28.7. The van der Waals surface area contributed by atoms with Gasteiger partial charge >= 0.3 is 0 Å². The highest BCUT2D eigenvalue weighted by Gasteiger charge is 2.51. The molecule has 0 fully saturated rings. The Labute approximate surface area is 334 Å². The van der Waals surface area contributed by atoms with E-state index in [9.17, 15) is 0 Å². The first-order valence-electron chi connectivity index (χ1n) is 19.9. The number of oxazole rings is 1. The monoisotopic (exact) mass is 736 g/mol. The van der Waals surface area contributed by atoms with Crippen molar-refractivity contribution in [2.45, 2.75) is 5.41 Å². The maximum atomic E-state index is 6.54. The number of hydrogen-bond acceptors (Lipinski definition) is 3. The van der Waals surface area contributed by atoms with Crippen LogP contribution < -0.4 is 0 Å². The molecule has 9 aromatic carbocycles. The molecule has 0 radical (unpaired) electrons. The van der Waals surface area contributed by atoms with Crippen molar-refractivity contribution in [1.29, 1.82) is 0 Å². The number of benzene rings is 9. The van der Waals surface area contributed by atoms with E-state index in [2.05, 4.69) is 164 Å². The summed E-state index contributed by atoms with van der Waals surface area (Å²) in [6.07, 6.45) is 0. The molecular formula is C55H32N2O. The van der Waals surface area contributed by atoms with Crippen LogP contribution >= 0.6 is 0 Å². The minimum atomic E-state index is -0.443. The Bertz CT molecular complexity index is 3480. The van der Waals surface area contributed by atoms with E-state index in [0.29, 0.717) is 5.89 Å². The van der Waals surface area contributed by atoms with Gasteiger partial charge in [-0.05, 0) is 126 Å². The molecule has 0 aliphatic heterocycles. The number of fused-ring (bicyclic) bond motifs is 16. The number of rotatable bonds is 3. The molecule has 3 heteroatoms. The van der Waals surface area contributed by atoms with E-state index in [4.69, 9.17) is 14.4 Å². The second kappa shape index (κ2) is 11.7. The number of aromatic nitrogens is 2. The molecule has 2 heterocycles. The fraction of sp³-hybridized carbons (Fsp3) is 0.0182. The molecule has 0 amide bonds. The zero-order chi connectivity index (χ0) is 38.0. The lowest BCUT2D eigenvalue weighted by atomic mass is 9.70. The van der Waals surface area contributed by atoms with Crippen molar-refractivity contribution in [1.82, 2.24) is 9.97 Å². The van der Waals surface area contributed by atoms with Crippen molar-refractivity contribution in [3.8, 4) is 56.2 Å². The summed E-state index contributed by atoms with van der Waals surface area (Å²) in [7, 11) is 0. The molecule has 1 spiro atoms. The van der Waals surface area contributed by atoms with Gasteiger partial charge in [-0.2, -0.15) is 0 Å². The fourth-order valence-corrected chi connectivity index (χ4v) is 10.1. The largest absolute Gasteiger partial charge is 0.435 e. The molecule has 0 unspecified atom stereocenters. The molecule has 0 saturated carbocycles. The highest BCUT2D eigenvalue weighted by Crippen LogP contribution is 2.63. The van der Waals surface area contributed by atoms with E-state index in [1.54, 1.807) is 0 Å². The summed E-state index contributed by atoms with van der Waals surface area (Å²) >= 11 is 0. The quantitative estimate of drug-likeness (QED) is 0.170. The third kappa shape index (κ3) is 4.28. The standard InChI is InChI=1S/C55H32N2O/c1-2-11-35(12-3-1)54-57-51-28-26-34-23-21-33-22-24-38(30-43(33)52(34)53(51)58-54)49-19-10-20-50(56-49)39-25-27-42-44-29-36-13-4-5-14-37(36)31-48(44)55(47(42)32-39)45-17-8-6-15-40(45)41-16-7-9-18-46(41)55/h1-32H. The summed E-state index contributed by atoms with van der Waals surface area (Å²) in [5, 5.41) is 6.96. The minimum Gasteiger partial charge on any atom is -0.435 e. The molecule has 3 nitrogen and oxygen atoms in total. The third-order valence-corrected chi connectivity index (χ3v) is 12.7. The zero-order valence-electron chi connectivity index (χ0n) is 31.3. The van der Waals surface area contributed by atoms with Gasteiger partial charge in [0.1, 0.15) is 5.52 Å². The lowest BCUT2D eigenvalue weighted by Crippen LogP contribution is -2.25. The average Bonchev–Trinajstić information content (AvgIpc) is 3.95. The van der Waals surface area contributed by atoms with Gasteiger partial charge < -0.3 is 4.42 Å². The molecular weight excluding hydrogens is 705 g/mol. The van der Waals surface area contributed by atoms with Crippen LogP contribution in [0.4, 0.5) is 0 Å². The number of hydrogen-bond donors (Lipinski definition) is 0. The van der Waals surface area contributed by atoms with Gasteiger partial charge in [-0.1, -0.05) is 140 Å². The molecule has 58 heavy (non-hydrogen) atoms. The molecule has 11 aromatic rings. The van der Waals surface area contributed by atoms with Crippen molar-refractivity contribution < 1.29 is 4.42 Å². The van der Waals surface area contributed by atoms with Crippen molar-refractivity contribution in [3.05, 3.63) is 216 Å². The van der Waals surface area contributed by atoms with Gasteiger partial charge in [0.15, 0.2) is 5.58 Å². The van der Waals surface area contributed by atoms with Crippen LogP contribution in [0, 0.1) is 0 Å². The Morgan fingerprint density at radius 3 is 1.76 bits per heavy atom. The van der Waals surface area contributed by atoms with Gasteiger partial charge in [-0.25, -0.2) is 9.97 Å². The van der Waals surface area contributed by atoms with Gasteiger partial charge in [-0.3, -0.25) is 0 Å². The van der Waals surface area contributed by atoms with E-state index in [1.807, 2.05) is 30.3 Å². The molecule has 268 valence electrons. The van der Waals surface area contributed by atoms with Crippen LogP contribution in [-0.2, 0) is 5.41 Å². The van der Waals surface area contributed by atoms with Crippen LogP contribution in [-0.4, -0.2) is 9.97 Å². The van der Waals surface area contributed by atoms with Gasteiger partial charge in [0.05, 0.1) is 16.8 Å². The Kier molecular flexibility index (Phi) is 6.37. The van der Waals surface area contributed by atoms with Gasteiger partial charge in [-0.15, -0.1) is 0 Å². The first kappa shape index (κ1) is 31.6. The van der Waals surface area contributed by atoms with Gasteiger partial charge in [0.2, 0.25) is 5.89 Å². The van der Waals surface area contributed by atoms with E-state index in [0.717, 1.165) is 60.7 Å². The first-order valence-corrected chi connectivity index (χ1v) is 19.9. The highest BCUT2D eigenvalue weighted by molar-refractivity contribution is 6.18. The zero-order valence-corrected chi connectivity index (χ0v) is 31.3. The molecule has 13 rings (SSSR count). The van der Waals surface area contributed by atoms with Gasteiger partial charge in [0, 0.05) is 22.1 Å². The van der Waals surface area contributed by atoms with Gasteiger partial charge in [0.25, 0.3) is 0 Å². The van der Waals surface area contributed by atoms with Crippen LogP contribution in [0.25, 0.3) is 99.6 Å². The summed E-state index contributed by atoms with van der Waals surface area (Å²) in [6, 6.07) is 70.3. The molecule has 0 atom stereocenters. The predicted molar refractivity (Wildman–Crippen MR) is 237 cm³/mol. The number of pyridine rings is 1. The smallest absolute Gasteiger partial charge is 0.227 e. The Hall–Kier alpha value is -7.62. The number of nitrogens with zero attached hydrogens (tertiary/aromatic N) is 2. The van der Waals surface area contributed by atoms with Crippen LogP contribution in [0.5, 0.6) is 0 Å². The SMILES string of the molecule is c1ccc(-c2nc3ccc4ccc5ccc(-c6cccc(-c7ccc8c(c7)C7(c9ccccc9-c9ccccc97)c7cc9ccccc9cc7-8)n6)cc5c4c3o2)cc1. The van der Waals surface area contributed by atoms with E-state index >= 15 is 0 Å². The lowest BCUT2D eigenvalue weighted by molar-refractivity contribution is 0.623. The molecule has 2 aliphatic carbocycles. The molecule has 0 N–H and O–H groups in total. The molecule has 2 aliphatic rings. The van der Waals surface area contributed by atoms with Crippen molar-refractivity contribution in [2.24, 2.45) is 0 Å². The minimum absolute atomic E-state index is 0.443. The Morgan fingerprint density at radius 1 is 0.362 bits per heavy atom.